The van der Waals surface area contributed by atoms with E-state index in [1.54, 1.807) is 27.0 Å². The molecule has 10 nitrogen and oxygen atoms in total. The molecule has 2 aromatic carbocycles. The van der Waals surface area contributed by atoms with Crippen molar-refractivity contribution in [2.75, 3.05) is 55.6 Å². The molecule has 1 fully saturated rings. The maximum atomic E-state index is 14.2. The molecule has 12 heteroatoms. The molecule has 1 aliphatic heterocycles. The number of nitrogen functional groups attached to an aromatic ring is 1. The monoisotopic (exact) mass is 530 g/mol. The first-order valence-corrected chi connectivity index (χ1v) is 12.2. The van der Waals surface area contributed by atoms with Gasteiger partial charge in [0, 0.05) is 36.4 Å². The summed E-state index contributed by atoms with van der Waals surface area (Å²) in [5, 5.41) is 16.5. The minimum Gasteiger partial charge on any atom is -0.494 e. The predicted octanol–water partition coefficient (Wildman–Crippen LogP) is 4.11. The summed E-state index contributed by atoms with van der Waals surface area (Å²) < 4.78 is 19.8. The second-order valence-electron chi connectivity index (χ2n) is 9.72. The SMILES string of the molecule is COc1cc(N2CC[C@@H](N(C)C)C2)c(N)cc1Nc1ncnc(Nc2cc(F)c(Cl)cc2C(C)(C)O)n1. The minimum atomic E-state index is -1.29. The lowest BCUT2D eigenvalue weighted by atomic mass is 9.96. The van der Waals surface area contributed by atoms with E-state index in [0.29, 0.717) is 28.7 Å². The molecular weight excluding hydrogens is 499 g/mol. The molecule has 0 saturated carbocycles. The molecule has 3 aromatic rings. The van der Waals surface area contributed by atoms with E-state index in [9.17, 15) is 9.50 Å². The molecule has 4 rings (SSSR count). The van der Waals surface area contributed by atoms with Crippen molar-refractivity contribution in [1.82, 2.24) is 19.9 Å². The van der Waals surface area contributed by atoms with Gasteiger partial charge in [0.05, 0.1) is 34.8 Å². The summed E-state index contributed by atoms with van der Waals surface area (Å²) in [6, 6.07) is 6.71. The highest BCUT2D eigenvalue weighted by Crippen LogP contribution is 2.38. The Bertz CT molecular complexity index is 1280. The lowest BCUT2D eigenvalue weighted by Crippen LogP contribution is -2.31. The smallest absolute Gasteiger partial charge is 0.232 e. The van der Waals surface area contributed by atoms with E-state index in [4.69, 9.17) is 22.1 Å². The second kappa shape index (κ2) is 10.5. The van der Waals surface area contributed by atoms with Crippen molar-refractivity contribution in [1.29, 1.82) is 0 Å². The van der Waals surface area contributed by atoms with E-state index >= 15 is 0 Å². The first-order chi connectivity index (χ1) is 17.5. The van der Waals surface area contributed by atoms with Crippen LogP contribution >= 0.6 is 11.6 Å². The number of nitrogens with two attached hydrogens (primary N) is 1. The van der Waals surface area contributed by atoms with Crippen LogP contribution in [0.15, 0.2) is 30.6 Å². The van der Waals surface area contributed by atoms with Crippen LogP contribution in [0.4, 0.5) is 39.0 Å². The zero-order chi connectivity index (χ0) is 26.9. The van der Waals surface area contributed by atoms with Gasteiger partial charge in [0.1, 0.15) is 17.9 Å². The molecule has 1 aliphatic rings. The Kier molecular flexibility index (Phi) is 7.58. The predicted molar refractivity (Wildman–Crippen MR) is 145 cm³/mol. The van der Waals surface area contributed by atoms with Gasteiger partial charge in [-0.15, -0.1) is 0 Å². The van der Waals surface area contributed by atoms with Crippen LogP contribution in [0.2, 0.25) is 5.02 Å². The summed E-state index contributed by atoms with van der Waals surface area (Å²) in [5.41, 5.74) is 7.90. The highest BCUT2D eigenvalue weighted by Gasteiger charge is 2.26. The molecule has 198 valence electrons. The molecule has 0 amide bonds. The molecule has 37 heavy (non-hydrogen) atoms. The lowest BCUT2D eigenvalue weighted by Gasteiger charge is -2.24. The van der Waals surface area contributed by atoms with E-state index in [0.717, 1.165) is 25.2 Å². The van der Waals surface area contributed by atoms with Gasteiger partial charge in [0.15, 0.2) is 0 Å². The number of aliphatic hydroxyl groups is 1. The lowest BCUT2D eigenvalue weighted by molar-refractivity contribution is 0.0793. The van der Waals surface area contributed by atoms with E-state index < -0.39 is 11.4 Å². The Morgan fingerprint density at radius 2 is 1.84 bits per heavy atom. The summed E-state index contributed by atoms with van der Waals surface area (Å²) in [6.45, 7) is 4.94. The Labute approximate surface area is 220 Å². The fourth-order valence-corrected chi connectivity index (χ4v) is 4.49. The molecule has 1 saturated heterocycles. The van der Waals surface area contributed by atoms with Crippen LogP contribution in [0, 0.1) is 5.82 Å². The van der Waals surface area contributed by atoms with Gasteiger partial charge in [-0.3, -0.25) is 0 Å². The largest absolute Gasteiger partial charge is 0.494 e. The Hall–Kier alpha value is -3.41. The van der Waals surface area contributed by atoms with Crippen LogP contribution in [0.3, 0.4) is 0 Å². The fraction of sp³-hybridized carbons (Fsp3) is 0.400. The van der Waals surface area contributed by atoms with Crippen LogP contribution < -0.4 is 26.0 Å². The number of nitrogens with zero attached hydrogens (tertiary/aromatic N) is 5. The van der Waals surface area contributed by atoms with Gasteiger partial charge in [-0.05, 0) is 52.6 Å². The Morgan fingerprint density at radius 3 is 2.43 bits per heavy atom. The third-order valence-electron chi connectivity index (χ3n) is 6.37. The van der Waals surface area contributed by atoms with Crippen molar-refractivity contribution in [2.24, 2.45) is 0 Å². The molecule has 0 aliphatic carbocycles. The van der Waals surface area contributed by atoms with Crippen molar-refractivity contribution in [3.63, 3.8) is 0 Å². The summed E-state index contributed by atoms with van der Waals surface area (Å²) in [6.07, 6.45) is 2.37. The van der Waals surface area contributed by atoms with Crippen molar-refractivity contribution >= 4 is 46.2 Å². The van der Waals surface area contributed by atoms with Gasteiger partial charge in [0.2, 0.25) is 11.9 Å². The molecule has 0 bridgehead atoms. The second-order valence-corrected chi connectivity index (χ2v) is 10.1. The van der Waals surface area contributed by atoms with E-state index in [1.807, 2.05) is 6.07 Å². The van der Waals surface area contributed by atoms with Gasteiger partial charge < -0.3 is 36.0 Å². The van der Waals surface area contributed by atoms with Crippen LogP contribution in [-0.4, -0.2) is 65.3 Å². The van der Waals surface area contributed by atoms with Crippen LogP contribution in [0.1, 0.15) is 25.8 Å². The number of hydrogen-bond donors (Lipinski definition) is 4. The molecule has 5 N–H and O–H groups in total. The van der Waals surface area contributed by atoms with Crippen molar-refractivity contribution < 1.29 is 14.2 Å². The van der Waals surface area contributed by atoms with Crippen molar-refractivity contribution in [3.8, 4) is 5.75 Å². The van der Waals surface area contributed by atoms with Gasteiger partial charge in [-0.25, -0.2) is 14.4 Å². The van der Waals surface area contributed by atoms with Gasteiger partial charge >= 0.3 is 0 Å². The first kappa shape index (κ1) is 26.6. The maximum absolute atomic E-state index is 14.2. The molecular formula is C25H32ClFN8O2. The number of rotatable bonds is 8. The topological polar surface area (TPSA) is 125 Å². The summed E-state index contributed by atoms with van der Waals surface area (Å²) in [7, 11) is 5.75. The third-order valence-corrected chi connectivity index (χ3v) is 6.66. The number of benzene rings is 2. The summed E-state index contributed by atoms with van der Waals surface area (Å²) in [5.74, 6) is 0.299. The normalized spacial score (nSPS) is 15.8. The Morgan fingerprint density at radius 1 is 1.16 bits per heavy atom. The van der Waals surface area contributed by atoms with E-state index in [-0.39, 0.29) is 22.6 Å². The average molecular weight is 531 g/mol. The number of aromatic nitrogens is 3. The molecule has 0 radical (unpaired) electrons. The van der Waals surface area contributed by atoms with Gasteiger partial charge in [-0.2, -0.15) is 4.98 Å². The maximum Gasteiger partial charge on any atom is 0.232 e. The van der Waals surface area contributed by atoms with Gasteiger partial charge in [-0.1, -0.05) is 11.6 Å². The highest BCUT2D eigenvalue weighted by atomic mass is 35.5. The number of nitrogens with one attached hydrogen (secondary N) is 2. The summed E-state index contributed by atoms with van der Waals surface area (Å²) >= 11 is 5.93. The number of anilines is 6. The third kappa shape index (κ3) is 5.95. The van der Waals surface area contributed by atoms with Gasteiger partial charge in [0.25, 0.3) is 0 Å². The number of ether oxygens (including phenoxy) is 1. The quantitative estimate of drug-likeness (QED) is 0.316. The number of halogens is 2. The van der Waals surface area contributed by atoms with Crippen molar-refractivity contribution in [2.45, 2.75) is 31.9 Å². The zero-order valence-corrected chi connectivity index (χ0v) is 22.3. The van der Waals surface area contributed by atoms with E-state index in [1.165, 1.54) is 18.5 Å². The van der Waals surface area contributed by atoms with E-state index in [2.05, 4.69) is 49.5 Å². The number of hydrogen-bond acceptors (Lipinski definition) is 10. The summed E-state index contributed by atoms with van der Waals surface area (Å²) in [4.78, 5) is 17.2. The molecule has 2 heterocycles. The first-order valence-electron chi connectivity index (χ1n) is 11.8. The number of methoxy groups -OCH3 is 1. The fourth-order valence-electron chi connectivity index (χ4n) is 4.32. The molecule has 1 atom stereocenters. The van der Waals surface area contributed by atoms with Crippen LogP contribution in [-0.2, 0) is 5.60 Å². The molecule has 0 unspecified atom stereocenters. The van der Waals surface area contributed by atoms with Crippen LogP contribution in [0.5, 0.6) is 5.75 Å². The standard InChI is InChI=1S/C25H32ClFN8O2/c1-25(2,36)15-8-16(26)17(27)9-19(15)31-23-29-13-30-24(33-23)32-20-10-18(28)21(11-22(20)37-5)35-7-6-14(12-35)34(3)4/h8-11,13-14,36H,6-7,12,28H2,1-5H3,(H2,29,30,31,32,33)/t14-/m1/s1. The van der Waals surface area contributed by atoms with Crippen molar-refractivity contribution in [3.05, 3.63) is 47.0 Å². The highest BCUT2D eigenvalue weighted by molar-refractivity contribution is 6.30. The number of likely N-dealkylation sites (N-methyl/N-ethyl adjacent to an activating group) is 1. The Balaban J connectivity index is 1.58. The minimum absolute atomic E-state index is 0.0972. The van der Waals surface area contributed by atoms with Crippen LogP contribution in [0.25, 0.3) is 0 Å². The zero-order valence-electron chi connectivity index (χ0n) is 21.5. The average Bonchev–Trinajstić information content (AvgIpc) is 3.31. The molecule has 1 aromatic heterocycles. The molecule has 0 spiro atoms.